The van der Waals surface area contributed by atoms with Crippen LogP contribution in [0.2, 0.25) is 0 Å². The van der Waals surface area contributed by atoms with Crippen LogP contribution in [0, 0.1) is 0 Å². The van der Waals surface area contributed by atoms with Crippen molar-refractivity contribution in [2.45, 2.75) is 6.54 Å². The Morgan fingerprint density at radius 3 is 2.78 bits per heavy atom. The molecule has 6 heteroatoms. The molecule has 0 saturated heterocycles. The maximum absolute atomic E-state index is 11.8. The lowest BCUT2D eigenvalue weighted by Crippen LogP contribution is -2.24. The third-order valence-electron chi connectivity index (χ3n) is 2.58. The summed E-state index contributed by atoms with van der Waals surface area (Å²) >= 11 is 0. The van der Waals surface area contributed by atoms with Gasteiger partial charge >= 0.3 is 0 Å². The molecule has 18 heavy (non-hydrogen) atoms. The average molecular weight is 247 g/mol. The third-order valence-corrected chi connectivity index (χ3v) is 2.58. The number of hydrogen-bond donors (Lipinski definition) is 3. The van der Waals surface area contributed by atoms with Crippen molar-refractivity contribution >= 4 is 5.91 Å². The van der Waals surface area contributed by atoms with Gasteiger partial charge in [-0.15, -0.1) is 0 Å². The van der Waals surface area contributed by atoms with Crippen molar-refractivity contribution < 1.29 is 15.0 Å². The van der Waals surface area contributed by atoms with E-state index in [1.54, 1.807) is 24.0 Å². The van der Waals surface area contributed by atoms with Gasteiger partial charge in [-0.1, -0.05) is 0 Å². The van der Waals surface area contributed by atoms with Crippen molar-refractivity contribution in [3.05, 3.63) is 41.7 Å². The number of carbonyl (C=O) groups is 1. The van der Waals surface area contributed by atoms with Gasteiger partial charge < -0.3 is 15.5 Å². The maximum atomic E-state index is 11.8. The Morgan fingerprint density at radius 2 is 2.17 bits per heavy atom. The standard InChI is InChI=1S/C12H13N3O3/c1-15-8(4-5-14-15)7-13-12(18)10-3-2-9(16)6-11(10)17/h2-6,16-17H,7H2,1H3,(H,13,18). The van der Waals surface area contributed by atoms with Crippen LogP contribution in [-0.4, -0.2) is 25.9 Å². The minimum Gasteiger partial charge on any atom is -0.508 e. The van der Waals surface area contributed by atoms with E-state index in [4.69, 9.17) is 5.11 Å². The Labute approximate surface area is 103 Å². The first kappa shape index (κ1) is 12.0. The number of aryl methyl sites for hydroxylation is 1. The second-order valence-corrected chi connectivity index (χ2v) is 3.83. The highest BCUT2D eigenvalue weighted by atomic mass is 16.3. The number of benzene rings is 1. The Hall–Kier alpha value is -2.50. The van der Waals surface area contributed by atoms with E-state index in [2.05, 4.69) is 10.4 Å². The van der Waals surface area contributed by atoms with E-state index in [-0.39, 0.29) is 17.1 Å². The molecule has 0 aliphatic rings. The number of amides is 1. The third kappa shape index (κ3) is 2.42. The van der Waals surface area contributed by atoms with Crippen LogP contribution in [0.4, 0.5) is 0 Å². The summed E-state index contributed by atoms with van der Waals surface area (Å²) in [7, 11) is 1.78. The molecule has 2 aromatic rings. The van der Waals surface area contributed by atoms with Crippen molar-refractivity contribution in [1.82, 2.24) is 15.1 Å². The van der Waals surface area contributed by atoms with E-state index in [0.29, 0.717) is 6.54 Å². The zero-order valence-electron chi connectivity index (χ0n) is 9.79. The smallest absolute Gasteiger partial charge is 0.255 e. The predicted octanol–water partition coefficient (Wildman–Crippen LogP) is 0.761. The summed E-state index contributed by atoms with van der Waals surface area (Å²) in [6, 6.07) is 5.62. The molecule has 1 heterocycles. The van der Waals surface area contributed by atoms with Crippen molar-refractivity contribution in [3.63, 3.8) is 0 Å². The number of phenolic OH excluding ortho intramolecular Hbond substituents is 2. The number of nitrogens with one attached hydrogen (secondary N) is 1. The largest absolute Gasteiger partial charge is 0.508 e. The number of rotatable bonds is 3. The van der Waals surface area contributed by atoms with Crippen molar-refractivity contribution in [2.24, 2.45) is 7.05 Å². The normalized spacial score (nSPS) is 10.3. The molecule has 2 rings (SSSR count). The summed E-state index contributed by atoms with van der Waals surface area (Å²) in [5.74, 6) is -0.748. The molecule has 1 aromatic carbocycles. The fourth-order valence-electron chi connectivity index (χ4n) is 1.55. The highest BCUT2D eigenvalue weighted by Crippen LogP contribution is 2.22. The highest BCUT2D eigenvalue weighted by Gasteiger charge is 2.11. The molecule has 0 saturated carbocycles. The van der Waals surface area contributed by atoms with E-state index in [1.165, 1.54) is 12.1 Å². The van der Waals surface area contributed by atoms with Gasteiger partial charge in [0.1, 0.15) is 11.5 Å². The first-order valence-electron chi connectivity index (χ1n) is 5.35. The van der Waals surface area contributed by atoms with E-state index in [0.717, 1.165) is 11.8 Å². The highest BCUT2D eigenvalue weighted by molar-refractivity contribution is 5.96. The first-order valence-corrected chi connectivity index (χ1v) is 5.35. The van der Waals surface area contributed by atoms with Gasteiger partial charge in [0.15, 0.2) is 0 Å². The maximum Gasteiger partial charge on any atom is 0.255 e. The van der Waals surface area contributed by atoms with Crippen molar-refractivity contribution in [2.75, 3.05) is 0 Å². The topological polar surface area (TPSA) is 87.4 Å². The van der Waals surface area contributed by atoms with Gasteiger partial charge in [-0.3, -0.25) is 9.48 Å². The molecule has 0 unspecified atom stereocenters. The summed E-state index contributed by atoms with van der Waals surface area (Å²) < 4.78 is 1.65. The number of aromatic hydroxyl groups is 2. The number of hydrogen-bond acceptors (Lipinski definition) is 4. The lowest BCUT2D eigenvalue weighted by Gasteiger charge is -2.07. The van der Waals surface area contributed by atoms with Crippen LogP contribution >= 0.6 is 0 Å². The summed E-state index contributed by atoms with van der Waals surface area (Å²) in [5, 5.41) is 25.3. The molecule has 0 fully saturated rings. The summed E-state index contributed by atoms with van der Waals surface area (Å²) in [4.78, 5) is 11.8. The molecule has 6 nitrogen and oxygen atoms in total. The van der Waals surface area contributed by atoms with Crippen LogP contribution in [-0.2, 0) is 13.6 Å². The molecule has 0 aliphatic carbocycles. The predicted molar refractivity (Wildman–Crippen MR) is 64.1 cm³/mol. The van der Waals surface area contributed by atoms with Gasteiger partial charge in [0.2, 0.25) is 0 Å². The van der Waals surface area contributed by atoms with Crippen LogP contribution in [0.25, 0.3) is 0 Å². The fraction of sp³-hybridized carbons (Fsp3) is 0.167. The lowest BCUT2D eigenvalue weighted by atomic mass is 10.2. The number of carbonyl (C=O) groups excluding carboxylic acids is 1. The minimum absolute atomic E-state index is 0.0873. The summed E-state index contributed by atoms with van der Waals surface area (Å²) in [5.41, 5.74) is 0.969. The van der Waals surface area contributed by atoms with Gasteiger partial charge in [-0.05, 0) is 18.2 Å². The minimum atomic E-state index is -0.409. The fourth-order valence-corrected chi connectivity index (χ4v) is 1.55. The number of nitrogens with zero attached hydrogens (tertiary/aromatic N) is 2. The van der Waals surface area contributed by atoms with Crippen LogP contribution in [0.3, 0.4) is 0 Å². The monoisotopic (exact) mass is 247 g/mol. The molecule has 0 aliphatic heterocycles. The Kier molecular flexibility index (Phi) is 3.18. The second kappa shape index (κ2) is 4.79. The quantitative estimate of drug-likeness (QED) is 0.747. The number of phenols is 2. The van der Waals surface area contributed by atoms with Crippen LogP contribution in [0.1, 0.15) is 16.1 Å². The molecule has 0 radical (unpaired) electrons. The molecule has 1 aromatic heterocycles. The van der Waals surface area contributed by atoms with Gasteiger partial charge in [0, 0.05) is 19.3 Å². The molecule has 1 amide bonds. The molecule has 0 atom stereocenters. The zero-order valence-corrected chi connectivity index (χ0v) is 9.79. The SMILES string of the molecule is Cn1nccc1CNC(=O)c1ccc(O)cc1O. The van der Waals surface area contributed by atoms with E-state index < -0.39 is 5.91 Å². The number of aromatic nitrogens is 2. The molecule has 0 spiro atoms. The van der Waals surface area contributed by atoms with Crippen LogP contribution < -0.4 is 5.32 Å². The first-order chi connectivity index (χ1) is 8.58. The Balaban J connectivity index is 2.06. The molecule has 0 bridgehead atoms. The Bertz CT molecular complexity index is 578. The molecule has 94 valence electrons. The average Bonchev–Trinajstić information content (AvgIpc) is 2.72. The van der Waals surface area contributed by atoms with Crippen LogP contribution in [0.5, 0.6) is 11.5 Å². The summed E-state index contributed by atoms with van der Waals surface area (Å²) in [6.45, 7) is 0.315. The van der Waals surface area contributed by atoms with E-state index in [1.807, 2.05) is 0 Å². The van der Waals surface area contributed by atoms with Gasteiger partial charge in [-0.2, -0.15) is 5.10 Å². The zero-order chi connectivity index (χ0) is 13.1. The second-order valence-electron chi connectivity index (χ2n) is 3.83. The van der Waals surface area contributed by atoms with Crippen molar-refractivity contribution in [1.29, 1.82) is 0 Å². The van der Waals surface area contributed by atoms with Crippen molar-refractivity contribution in [3.8, 4) is 11.5 Å². The van der Waals surface area contributed by atoms with Gasteiger partial charge in [-0.25, -0.2) is 0 Å². The summed E-state index contributed by atoms with van der Waals surface area (Å²) in [6.07, 6.45) is 1.64. The van der Waals surface area contributed by atoms with Gasteiger partial charge in [0.25, 0.3) is 5.91 Å². The van der Waals surface area contributed by atoms with E-state index in [9.17, 15) is 9.90 Å². The van der Waals surface area contributed by atoms with Crippen LogP contribution in [0.15, 0.2) is 30.5 Å². The molecular weight excluding hydrogens is 234 g/mol. The Morgan fingerprint density at radius 1 is 1.39 bits per heavy atom. The van der Waals surface area contributed by atoms with E-state index >= 15 is 0 Å². The van der Waals surface area contributed by atoms with Gasteiger partial charge in [0.05, 0.1) is 17.8 Å². The lowest BCUT2D eigenvalue weighted by molar-refractivity contribution is 0.0947. The molecular formula is C12H13N3O3. The molecule has 3 N–H and O–H groups in total.